The molecule has 0 spiro atoms. The van der Waals surface area contributed by atoms with Crippen LogP contribution in [0.1, 0.15) is 18.9 Å². The Morgan fingerprint density at radius 2 is 2.23 bits per heavy atom. The average Bonchev–Trinajstić information content (AvgIpc) is 2.07. The summed E-state index contributed by atoms with van der Waals surface area (Å²) in [5.74, 6) is 0. The van der Waals surface area contributed by atoms with Gasteiger partial charge in [-0.05, 0) is 44.0 Å². The van der Waals surface area contributed by atoms with E-state index >= 15 is 0 Å². The Morgan fingerprint density at radius 3 is 2.69 bits per heavy atom. The Morgan fingerprint density at radius 1 is 1.46 bits per heavy atom. The Balaban J connectivity index is 2.30. The van der Waals surface area contributed by atoms with Gasteiger partial charge in [-0.2, -0.15) is 0 Å². The van der Waals surface area contributed by atoms with Gasteiger partial charge in [-0.3, -0.25) is 0 Å². The van der Waals surface area contributed by atoms with E-state index in [1.807, 2.05) is 12.1 Å². The predicted molar refractivity (Wildman–Crippen MR) is 57.0 cm³/mol. The number of aryl methyl sites for hydroxylation is 1. The second-order valence-electron chi connectivity index (χ2n) is 3.88. The Hall–Kier alpha value is -1.18. The first-order valence-corrected chi connectivity index (χ1v) is 4.81. The molecule has 0 aromatic heterocycles. The van der Waals surface area contributed by atoms with Crippen LogP contribution >= 0.6 is 0 Å². The molecule has 2 heteroatoms. The van der Waals surface area contributed by atoms with Gasteiger partial charge in [0.05, 0.1) is 0 Å². The molecule has 1 fully saturated rings. The van der Waals surface area contributed by atoms with Gasteiger partial charge in [-0.15, -0.1) is 0 Å². The third-order valence-electron chi connectivity index (χ3n) is 2.85. The number of hydrogen-bond acceptors (Lipinski definition) is 2. The van der Waals surface area contributed by atoms with E-state index in [9.17, 15) is 0 Å². The molecule has 1 aliphatic rings. The van der Waals surface area contributed by atoms with Crippen LogP contribution in [0.4, 0.5) is 11.4 Å². The molecular weight excluding hydrogens is 160 g/mol. The highest BCUT2D eigenvalue weighted by Gasteiger charge is 2.24. The fraction of sp³-hybridized carbons (Fsp3) is 0.455. The van der Waals surface area contributed by atoms with Gasteiger partial charge < -0.3 is 10.6 Å². The van der Waals surface area contributed by atoms with Crippen molar-refractivity contribution >= 4 is 11.4 Å². The fourth-order valence-electron chi connectivity index (χ4n) is 1.88. The Kier molecular flexibility index (Phi) is 1.91. The number of hydrogen-bond donors (Lipinski definition) is 1. The maximum atomic E-state index is 5.70. The maximum Gasteiger partial charge on any atom is 0.0399 e. The van der Waals surface area contributed by atoms with Crippen molar-refractivity contribution in [3.63, 3.8) is 0 Å². The van der Waals surface area contributed by atoms with Gasteiger partial charge in [0.1, 0.15) is 0 Å². The molecule has 2 nitrogen and oxygen atoms in total. The number of nitrogens with two attached hydrogens (primary N) is 1. The van der Waals surface area contributed by atoms with Crippen LogP contribution in [0.2, 0.25) is 0 Å². The number of nitrogen functional groups attached to an aromatic ring is 1. The SMILES string of the molecule is Cc1cc(N)ccc1N1CCC1C. The van der Waals surface area contributed by atoms with Crippen LogP contribution in [0, 0.1) is 6.92 Å². The van der Waals surface area contributed by atoms with E-state index in [-0.39, 0.29) is 0 Å². The summed E-state index contributed by atoms with van der Waals surface area (Å²) in [5.41, 5.74) is 9.18. The zero-order valence-electron chi connectivity index (χ0n) is 8.25. The lowest BCUT2D eigenvalue weighted by molar-refractivity contribution is 0.480. The molecule has 0 bridgehead atoms. The summed E-state index contributed by atoms with van der Waals surface area (Å²) in [6.07, 6.45) is 1.31. The molecule has 2 N–H and O–H groups in total. The van der Waals surface area contributed by atoms with Crippen LogP contribution in [-0.4, -0.2) is 12.6 Å². The van der Waals surface area contributed by atoms with E-state index in [4.69, 9.17) is 5.73 Å². The van der Waals surface area contributed by atoms with Gasteiger partial charge in [-0.25, -0.2) is 0 Å². The van der Waals surface area contributed by atoms with Crippen molar-refractivity contribution in [1.29, 1.82) is 0 Å². The summed E-state index contributed by atoms with van der Waals surface area (Å²) in [5, 5.41) is 0. The van der Waals surface area contributed by atoms with E-state index in [2.05, 4.69) is 24.8 Å². The lowest BCUT2D eigenvalue weighted by Crippen LogP contribution is -2.46. The second kappa shape index (κ2) is 2.95. The monoisotopic (exact) mass is 176 g/mol. The standard InChI is InChI=1S/C11H16N2/c1-8-7-10(12)3-4-11(8)13-6-5-9(13)2/h3-4,7,9H,5-6,12H2,1-2H3. The minimum Gasteiger partial charge on any atom is -0.399 e. The summed E-state index contributed by atoms with van der Waals surface area (Å²) in [4.78, 5) is 2.43. The van der Waals surface area contributed by atoms with Crippen molar-refractivity contribution in [3.8, 4) is 0 Å². The third-order valence-corrected chi connectivity index (χ3v) is 2.85. The number of nitrogens with zero attached hydrogens (tertiary/aromatic N) is 1. The molecule has 1 aliphatic heterocycles. The molecule has 1 atom stereocenters. The van der Waals surface area contributed by atoms with E-state index in [0.29, 0.717) is 6.04 Å². The van der Waals surface area contributed by atoms with Crippen LogP contribution in [0.5, 0.6) is 0 Å². The minimum absolute atomic E-state index is 0.697. The summed E-state index contributed by atoms with van der Waals surface area (Å²) in [7, 11) is 0. The van der Waals surface area contributed by atoms with E-state index < -0.39 is 0 Å². The smallest absolute Gasteiger partial charge is 0.0399 e. The summed E-state index contributed by atoms with van der Waals surface area (Å²) in [6.45, 7) is 5.57. The average molecular weight is 176 g/mol. The highest BCUT2D eigenvalue weighted by molar-refractivity contribution is 5.60. The fourth-order valence-corrected chi connectivity index (χ4v) is 1.88. The zero-order valence-corrected chi connectivity index (χ0v) is 8.25. The molecule has 0 aliphatic carbocycles. The van der Waals surface area contributed by atoms with Crippen molar-refractivity contribution in [2.24, 2.45) is 0 Å². The zero-order chi connectivity index (χ0) is 9.42. The van der Waals surface area contributed by atoms with Crippen LogP contribution in [0.3, 0.4) is 0 Å². The summed E-state index contributed by atoms with van der Waals surface area (Å²) in [6, 6.07) is 6.84. The Labute approximate surface area is 79.4 Å². The van der Waals surface area contributed by atoms with Gasteiger partial charge in [0.2, 0.25) is 0 Å². The lowest BCUT2D eigenvalue weighted by atomic mass is 10.0. The van der Waals surface area contributed by atoms with Crippen molar-refractivity contribution in [2.45, 2.75) is 26.3 Å². The minimum atomic E-state index is 0.697. The van der Waals surface area contributed by atoms with Gasteiger partial charge in [0.15, 0.2) is 0 Å². The number of anilines is 2. The van der Waals surface area contributed by atoms with Crippen LogP contribution in [0.15, 0.2) is 18.2 Å². The highest BCUT2D eigenvalue weighted by atomic mass is 15.2. The van der Waals surface area contributed by atoms with Crippen LogP contribution in [0.25, 0.3) is 0 Å². The molecule has 1 aromatic carbocycles. The molecule has 1 unspecified atom stereocenters. The quantitative estimate of drug-likeness (QED) is 0.664. The van der Waals surface area contributed by atoms with Gasteiger partial charge >= 0.3 is 0 Å². The van der Waals surface area contributed by atoms with E-state index in [1.165, 1.54) is 24.2 Å². The summed E-state index contributed by atoms with van der Waals surface area (Å²) < 4.78 is 0. The molecule has 0 amide bonds. The first-order valence-electron chi connectivity index (χ1n) is 4.81. The van der Waals surface area contributed by atoms with Crippen LogP contribution in [-0.2, 0) is 0 Å². The van der Waals surface area contributed by atoms with Gasteiger partial charge in [0, 0.05) is 24.0 Å². The summed E-state index contributed by atoms with van der Waals surface area (Å²) >= 11 is 0. The molecule has 0 saturated carbocycles. The van der Waals surface area contributed by atoms with Gasteiger partial charge in [-0.1, -0.05) is 0 Å². The topological polar surface area (TPSA) is 29.3 Å². The maximum absolute atomic E-state index is 5.70. The van der Waals surface area contributed by atoms with Crippen molar-refractivity contribution in [2.75, 3.05) is 17.2 Å². The molecule has 0 radical (unpaired) electrons. The normalized spacial score (nSPS) is 21.4. The van der Waals surface area contributed by atoms with Gasteiger partial charge in [0.25, 0.3) is 0 Å². The first-order chi connectivity index (χ1) is 6.18. The molecule has 70 valence electrons. The first kappa shape index (κ1) is 8.42. The van der Waals surface area contributed by atoms with Crippen molar-refractivity contribution in [1.82, 2.24) is 0 Å². The largest absolute Gasteiger partial charge is 0.399 e. The molecule has 1 aromatic rings. The molecule has 1 saturated heterocycles. The van der Waals surface area contributed by atoms with Crippen molar-refractivity contribution in [3.05, 3.63) is 23.8 Å². The molecule has 1 heterocycles. The number of rotatable bonds is 1. The van der Waals surface area contributed by atoms with E-state index in [1.54, 1.807) is 0 Å². The lowest BCUT2D eigenvalue weighted by Gasteiger charge is -2.41. The van der Waals surface area contributed by atoms with Crippen LogP contribution < -0.4 is 10.6 Å². The highest BCUT2D eigenvalue weighted by Crippen LogP contribution is 2.29. The predicted octanol–water partition coefficient (Wildman–Crippen LogP) is 2.18. The third kappa shape index (κ3) is 1.37. The second-order valence-corrected chi connectivity index (χ2v) is 3.88. The molecule has 2 rings (SSSR count). The number of benzene rings is 1. The Bertz CT molecular complexity index is 320. The van der Waals surface area contributed by atoms with Crippen molar-refractivity contribution < 1.29 is 0 Å². The van der Waals surface area contributed by atoms with E-state index in [0.717, 1.165) is 5.69 Å². The molecule has 13 heavy (non-hydrogen) atoms. The molecular formula is C11H16N2.